The number of nitrogens with zero attached hydrogens (tertiary/aromatic N) is 2. The van der Waals surface area contributed by atoms with Crippen molar-refractivity contribution in [3.05, 3.63) is 17.7 Å². The van der Waals surface area contributed by atoms with Crippen molar-refractivity contribution < 1.29 is 5.11 Å². The minimum absolute atomic E-state index is 0.602. The molecular formula is C10H16N2O. The number of aryl methyl sites for hydroxylation is 1. The third kappa shape index (κ3) is 1.18. The van der Waals surface area contributed by atoms with Gasteiger partial charge in [0.1, 0.15) is 11.4 Å². The highest BCUT2D eigenvalue weighted by atomic mass is 16.3. The second-order valence-electron chi connectivity index (χ2n) is 4.29. The first-order valence-corrected chi connectivity index (χ1v) is 4.74. The molecule has 1 aromatic heterocycles. The standard InChI is InChI=1S/C10H16N2O/c1-7-4-10(13,5-7)9-6-11-8(2)12(9)3/h6-7,13H,4-5H2,1-3H3. The van der Waals surface area contributed by atoms with E-state index in [2.05, 4.69) is 11.9 Å². The molecule has 2 rings (SSSR count). The number of aliphatic hydroxyl groups is 1. The van der Waals surface area contributed by atoms with Crippen LogP contribution in [0.15, 0.2) is 6.20 Å². The Bertz CT molecular complexity index is 324. The Kier molecular flexibility index (Phi) is 1.74. The quantitative estimate of drug-likeness (QED) is 0.708. The van der Waals surface area contributed by atoms with E-state index in [0.717, 1.165) is 24.4 Å². The molecule has 0 amide bonds. The van der Waals surface area contributed by atoms with E-state index in [1.807, 2.05) is 18.5 Å². The topological polar surface area (TPSA) is 38.1 Å². The summed E-state index contributed by atoms with van der Waals surface area (Å²) in [6.45, 7) is 4.12. The molecule has 3 nitrogen and oxygen atoms in total. The molecule has 0 bridgehead atoms. The van der Waals surface area contributed by atoms with Gasteiger partial charge in [0.05, 0.1) is 11.9 Å². The minimum Gasteiger partial charge on any atom is -0.384 e. The van der Waals surface area contributed by atoms with Crippen molar-refractivity contribution in [1.29, 1.82) is 0 Å². The summed E-state index contributed by atoms with van der Waals surface area (Å²) < 4.78 is 1.98. The average Bonchev–Trinajstić information content (AvgIpc) is 2.30. The lowest BCUT2D eigenvalue weighted by atomic mass is 9.70. The molecule has 1 saturated carbocycles. The van der Waals surface area contributed by atoms with E-state index in [0.29, 0.717) is 5.92 Å². The molecule has 0 saturated heterocycles. The third-order valence-electron chi connectivity index (χ3n) is 3.07. The molecule has 0 spiro atoms. The summed E-state index contributed by atoms with van der Waals surface area (Å²) in [7, 11) is 1.96. The first kappa shape index (κ1) is 8.75. The Balaban J connectivity index is 2.31. The Hall–Kier alpha value is -0.830. The Labute approximate surface area is 78.4 Å². The van der Waals surface area contributed by atoms with E-state index in [-0.39, 0.29) is 0 Å². The molecule has 1 aliphatic rings. The summed E-state index contributed by atoms with van der Waals surface area (Å²) in [4.78, 5) is 4.19. The highest BCUT2D eigenvalue weighted by molar-refractivity contribution is 5.17. The maximum Gasteiger partial charge on any atom is 0.107 e. The Morgan fingerprint density at radius 3 is 2.62 bits per heavy atom. The number of rotatable bonds is 1. The summed E-state index contributed by atoms with van der Waals surface area (Å²) in [6, 6.07) is 0. The highest BCUT2D eigenvalue weighted by Crippen LogP contribution is 2.45. The van der Waals surface area contributed by atoms with Crippen LogP contribution in [-0.2, 0) is 12.6 Å². The zero-order valence-electron chi connectivity index (χ0n) is 8.41. The van der Waals surface area contributed by atoms with Crippen LogP contribution in [0.25, 0.3) is 0 Å². The van der Waals surface area contributed by atoms with E-state index in [4.69, 9.17) is 0 Å². The van der Waals surface area contributed by atoms with Gasteiger partial charge in [0.15, 0.2) is 0 Å². The molecule has 0 unspecified atom stereocenters. The van der Waals surface area contributed by atoms with Gasteiger partial charge >= 0.3 is 0 Å². The van der Waals surface area contributed by atoms with E-state index < -0.39 is 5.60 Å². The van der Waals surface area contributed by atoms with E-state index in [1.54, 1.807) is 6.20 Å². The normalized spacial score (nSPS) is 33.1. The molecule has 0 aliphatic heterocycles. The first-order valence-electron chi connectivity index (χ1n) is 4.74. The van der Waals surface area contributed by atoms with Gasteiger partial charge in [-0.25, -0.2) is 4.98 Å². The number of hydrogen-bond donors (Lipinski definition) is 1. The smallest absolute Gasteiger partial charge is 0.107 e. The van der Waals surface area contributed by atoms with Crippen LogP contribution in [0.3, 0.4) is 0 Å². The van der Waals surface area contributed by atoms with Gasteiger partial charge in [0, 0.05) is 7.05 Å². The molecule has 0 atom stereocenters. The van der Waals surface area contributed by atoms with Crippen LogP contribution in [0.5, 0.6) is 0 Å². The fourth-order valence-electron chi connectivity index (χ4n) is 2.24. The van der Waals surface area contributed by atoms with Crippen LogP contribution in [0.2, 0.25) is 0 Å². The predicted molar refractivity (Wildman–Crippen MR) is 50.2 cm³/mol. The lowest BCUT2D eigenvalue weighted by Crippen LogP contribution is -2.41. The lowest BCUT2D eigenvalue weighted by Gasteiger charge is -2.42. The van der Waals surface area contributed by atoms with E-state index >= 15 is 0 Å². The zero-order chi connectivity index (χ0) is 9.64. The molecule has 0 aromatic carbocycles. The van der Waals surface area contributed by atoms with Crippen molar-refractivity contribution in [2.45, 2.75) is 32.3 Å². The van der Waals surface area contributed by atoms with Gasteiger partial charge in [-0.2, -0.15) is 0 Å². The number of hydrogen-bond acceptors (Lipinski definition) is 2. The average molecular weight is 180 g/mol. The third-order valence-corrected chi connectivity index (χ3v) is 3.07. The maximum atomic E-state index is 10.2. The minimum atomic E-state index is -0.602. The van der Waals surface area contributed by atoms with E-state index in [1.165, 1.54) is 0 Å². The highest BCUT2D eigenvalue weighted by Gasteiger charge is 2.43. The fourth-order valence-corrected chi connectivity index (χ4v) is 2.24. The van der Waals surface area contributed by atoms with Crippen LogP contribution in [-0.4, -0.2) is 14.7 Å². The second-order valence-corrected chi connectivity index (χ2v) is 4.29. The molecule has 1 aromatic rings. The summed E-state index contributed by atoms with van der Waals surface area (Å²) in [6.07, 6.45) is 3.53. The summed E-state index contributed by atoms with van der Waals surface area (Å²) in [5, 5.41) is 10.2. The lowest BCUT2D eigenvalue weighted by molar-refractivity contribution is -0.0793. The van der Waals surface area contributed by atoms with Gasteiger partial charge < -0.3 is 9.67 Å². The molecule has 1 N–H and O–H groups in total. The molecule has 3 heteroatoms. The SMILES string of the molecule is Cc1ncc(C2(O)CC(C)C2)n1C. The molecule has 1 heterocycles. The van der Waals surface area contributed by atoms with Crippen molar-refractivity contribution in [1.82, 2.24) is 9.55 Å². The van der Waals surface area contributed by atoms with Crippen molar-refractivity contribution in [3.63, 3.8) is 0 Å². The predicted octanol–water partition coefficient (Wildman–Crippen LogP) is 1.35. The second kappa shape index (κ2) is 2.58. The van der Waals surface area contributed by atoms with Crippen molar-refractivity contribution in [3.8, 4) is 0 Å². The maximum absolute atomic E-state index is 10.2. The molecular weight excluding hydrogens is 164 g/mol. The van der Waals surface area contributed by atoms with Crippen LogP contribution in [0.1, 0.15) is 31.3 Å². The van der Waals surface area contributed by atoms with Gasteiger partial charge in [0.2, 0.25) is 0 Å². The van der Waals surface area contributed by atoms with Gasteiger partial charge in [0.25, 0.3) is 0 Å². The van der Waals surface area contributed by atoms with Crippen molar-refractivity contribution in [2.24, 2.45) is 13.0 Å². The fraction of sp³-hybridized carbons (Fsp3) is 0.700. The summed E-state index contributed by atoms with van der Waals surface area (Å²) in [5.74, 6) is 1.60. The van der Waals surface area contributed by atoms with Crippen LogP contribution < -0.4 is 0 Å². The Morgan fingerprint density at radius 1 is 1.62 bits per heavy atom. The van der Waals surface area contributed by atoms with Crippen molar-refractivity contribution in [2.75, 3.05) is 0 Å². The van der Waals surface area contributed by atoms with E-state index in [9.17, 15) is 5.11 Å². The van der Waals surface area contributed by atoms with Crippen LogP contribution in [0.4, 0.5) is 0 Å². The van der Waals surface area contributed by atoms with Crippen LogP contribution >= 0.6 is 0 Å². The largest absolute Gasteiger partial charge is 0.384 e. The molecule has 1 aliphatic carbocycles. The molecule has 13 heavy (non-hydrogen) atoms. The number of imidazole rings is 1. The van der Waals surface area contributed by atoms with Gasteiger partial charge in [-0.1, -0.05) is 6.92 Å². The molecule has 72 valence electrons. The van der Waals surface area contributed by atoms with Crippen LogP contribution in [0, 0.1) is 12.8 Å². The molecule has 1 fully saturated rings. The zero-order valence-corrected chi connectivity index (χ0v) is 8.41. The monoisotopic (exact) mass is 180 g/mol. The number of aromatic nitrogens is 2. The van der Waals surface area contributed by atoms with Crippen molar-refractivity contribution >= 4 is 0 Å². The van der Waals surface area contributed by atoms with Gasteiger partial charge in [-0.15, -0.1) is 0 Å². The van der Waals surface area contributed by atoms with Gasteiger partial charge in [-0.3, -0.25) is 0 Å². The first-order chi connectivity index (χ1) is 6.03. The van der Waals surface area contributed by atoms with Gasteiger partial charge in [-0.05, 0) is 25.7 Å². The summed E-state index contributed by atoms with van der Waals surface area (Å²) >= 11 is 0. The molecule has 0 radical (unpaired) electrons. The Morgan fingerprint density at radius 2 is 2.23 bits per heavy atom. The summed E-state index contributed by atoms with van der Waals surface area (Å²) in [5.41, 5.74) is 0.359.